The van der Waals surface area contributed by atoms with Crippen LogP contribution in [0.2, 0.25) is 0 Å². The Labute approximate surface area is 153 Å². The van der Waals surface area contributed by atoms with Crippen LogP contribution in [0.5, 0.6) is 0 Å². The zero-order chi connectivity index (χ0) is 20.0. The molecule has 2 atom stereocenters. The minimum absolute atomic E-state index is 0.0350. The molecule has 0 aromatic heterocycles. The second-order valence-electron chi connectivity index (χ2n) is 5.47. The number of hydrogen-bond donors (Lipinski definition) is 4. The molecule has 10 nitrogen and oxygen atoms in total. The van der Waals surface area contributed by atoms with Crippen molar-refractivity contribution in [3.8, 4) is 12.3 Å². The second-order valence-corrected chi connectivity index (χ2v) is 6.88. The van der Waals surface area contributed by atoms with Gasteiger partial charge in [0.25, 0.3) is 0 Å². The van der Waals surface area contributed by atoms with Crippen LogP contribution >= 0.6 is 7.82 Å². The van der Waals surface area contributed by atoms with E-state index in [0.29, 0.717) is 0 Å². The molecule has 0 bridgehead atoms. The largest absolute Gasteiger partial charge is 0.472 e. The maximum Gasteiger partial charge on any atom is 0.472 e. The van der Waals surface area contributed by atoms with Gasteiger partial charge < -0.3 is 25.4 Å². The third-order valence-electron chi connectivity index (χ3n) is 2.70. The molecule has 0 aromatic rings. The van der Waals surface area contributed by atoms with Gasteiger partial charge in [-0.1, -0.05) is 5.92 Å². The highest BCUT2D eigenvalue weighted by molar-refractivity contribution is 7.47. The Balaban J connectivity index is 4.03. The molecule has 150 valence electrons. The van der Waals surface area contributed by atoms with E-state index < -0.39 is 39.1 Å². The molecule has 0 aromatic carbocycles. The molecule has 0 spiro atoms. The molecule has 0 rings (SSSR count). The average molecular weight is 394 g/mol. The Morgan fingerprint density at radius 2 is 1.96 bits per heavy atom. The molecule has 0 aliphatic rings. The van der Waals surface area contributed by atoms with Gasteiger partial charge >= 0.3 is 7.82 Å². The summed E-state index contributed by atoms with van der Waals surface area (Å²) >= 11 is 0. The van der Waals surface area contributed by atoms with Gasteiger partial charge in [0.1, 0.15) is 6.61 Å². The predicted molar refractivity (Wildman–Crippen MR) is 92.9 cm³/mol. The highest BCUT2D eigenvalue weighted by Crippen LogP contribution is 2.44. The third-order valence-corrected chi connectivity index (χ3v) is 3.86. The Bertz CT molecular complexity index is 520. The lowest BCUT2D eigenvalue weighted by Gasteiger charge is -2.19. The molecule has 0 saturated heterocycles. The number of nitrogens with one attached hydrogen (secondary N) is 2. The van der Waals surface area contributed by atoms with E-state index in [1.165, 1.54) is 0 Å². The van der Waals surface area contributed by atoms with Crippen molar-refractivity contribution in [2.75, 3.05) is 33.0 Å². The van der Waals surface area contributed by atoms with Crippen LogP contribution in [0.25, 0.3) is 0 Å². The van der Waals surface area contributed by atoms with Crippen LogP contribution in [-0.2, 0) is 27.9 Å². The molecule has 0 saturated carbocycles. The molecule has 2 unspecified atom stereocenters. The first kappa shape index (κ1) is 24.5. The number of hydrogen-bond acceptors (Lipinski definition) is 7. The van der Waals surface area contributed by atoms with Gasteiger partial charge in [-0.25, -0.2) is 4.57 Å². The fraction of sp³-hybridized carbons (Fsp3) is 0.733. The van der Waals surface area contributed by atoms with E-state index in [-0.39, 0.29) is 38.5 Å². The lowest BCUT2D eigenvalue weighted by Crippen LogP contribution is -2.42. The number of carbonyl (C=O) groups excluding carboxylic acids is 2. The second kappa shape index (κ2) is 13.7. The van der Waals surface area contributed by atoms with Crippen molar-refractivity contribution in [3.63, 3.8) is 0 Å². The molecule has 0 radical (unpaired) electrons. The summed E-state index contributed by atoms with van der Waals surface area (Å²) in [5.41, 5.74) is 0. The van der Waals surface area contributed by atoms with E-state index >= 15 is 0 Å². The monoisotopic (exact) mass is 394 g/mol. The van der Waals surface area contributed by atoms with Crippen LogP contribution in [0.15, 0.2) is 0 Å². The smallest absolute Gasteiger partial charge is 0.394 e. The minimum atomic E-state index is -4.25. The van der Waals surface area contributed by atoms with Crippen molar-refractivity contribution in [2.45, 2.75) is 38.8 Å². The Hall–Kier alpha value is -1.47. The molecule has 4 N–H and O–H groups in total. The van der Waals surface area contributed by atoms with Gasteiger partial charge in [-0.15, -0.1) is 6.42 Å². The van der Waals surface area contributed by atoms with Crippen LogP contribution < -0.4 is 10.6 Å². The molecule has 26 heavy (non-hydrogen) atoms. The van der Waals surface area contributed by atoms with Crippen LogP contribution in [0, 0.1) is 12.3 Å². The molecule has 0 aliphatic carbocycles. The summed E-state index contributed by atoms with van der Waals surface area (Å²) in [6, 6.07) is -0.883. The minimum Gasteiger partial charge on any atom is -0.394 e. The maximum absolute atomic E-state index is 11.8. The third kappa shape index (κ3) is 13.8. The fourth-order valence-electron chi connectivity index (χ4n) is 1.62. The number of phosphoric ester groups is 1. The highest BCUT2D eigenvalue weighted by atomic mass is 31.2. The maximum atomic E-state index is 11.8. The first-order chi connectivity index (χ1) is 12.2. The number of terminal acetylenes is 1. The highest BCUT2D eigenvalue weighted by Gasteiger charge is 2.25. The van der Waals surface area contributed by atoms with Crippen molar-refractivity contribution in [1.29, 1.82) is 0 Å². The van der Waals surface area contributed by atoms with Gasteiger partial charge in [0, 0.05) is 13.0 Å². The molecular formula is C15H27N2O8P. The Morgan fingerprint density at radius 3 is 2.54 bits per heavy atom. The number of aliphatic hydroxyl groups is 1. The molecule has 0 fully saturated rings. The van der Waals surface area contributed by atoms with Crippen LogP contribution in [0.4, 0.5) is 0 Å². The quantitative estimate of drug-likeness (QED) is 0.176. The Kier molecular flexibility index (Phi) is 12.9. The van der Waals surface area contributed by atoms with Gasteiger partial charge in [-0.05, 0) is 13.8 Å². The first-order valence-electron chi connectivity index (χ1n) is 8.04. The summed E-state index contributed by atoms with van der Waals surface area (Å²) in [5, 5.41) is 14.2. The van der Waals surface area contributed by atoms with Crippen molar-refractivity contribution >= 4 is 19.6 Å². The van der Waals surface area contributed by atoms with Crippen molar-refractivity contribution in [1.82, 2.24) is 10.6 Å². The van der Waals surface area contributed by atoms with E-state index in [2.05, 4.69) is 16.6 Å². The first-order valence-corrected chi connectivity index (χ1v) is 9.53. The lowest BCUT2D eigenvalue weighted by atomic mass is 10.3. The fourth-order valence-corrected chi connectivity index (χ4v) is 2.58. The van der Waals surface area contributed by atoms with Crippen molar-refractivity contribution < 1.29 is 37.9 Å². The molecule has 0 heterocycles. The Morgan fingerprint density at radius 1 is 1.27 bits per heavy atom. The molecule has 0 aliphatic heterocycles. The van der Waals surface area contributed by atoms with E-state index in [0.717, 1.165) is 0 Å². The number of amides is 2. The topological polar surface area (TPSA) is 143 Å². The van der Waals surface area contributed by atoms with Crippen LogP contribution in [0.1, 0.15) is 26.7 Å². The zero-order valence-electron chi connectivity index (χ0n) is 15.0. The zero-order valence-corrected chi connectivity index (χ0v) is 15.9. The summed E-state index contributed by atoms with van der Waals surface area (Å²) in [7, 11) is -4.25. The van der Waals surface area contributed by atoms with Crippen molar-refractivity contribution in [3.05, 3.63) is 0 Å². The van der Waals surface area contributed by atoms with Crippen LogP contribution in [0.3, 0.4) is 0 Å². The van der Waals surface area contributed by atoms with Gasteiger partial charge in [-0.3, -0.25) is 18.6 Å². The van der Waals surface area contributed by atoms with Crippen molar-refractivity contribution in [2.24, 2.45) is 0 Å². The number of ether oxygens (including phenoxy) is 1. The van der Waals surface area contributed by atoms with Gasteiger partial charge in [-0.2, -0.15) is 0 Å². The van der Waals surface area contributed by atoms with Crippen LogP contribution in [-0.4, -0.2) is 66.9 Å². The average Bonchev–Trinajstić information content (AvgIpc) is 2.54. The van der Waals surface area contributed by atoms with E-state index in [4.69, 9.17) is 20.2 Å². The molecule has 11 heteroatoms. The molecule has 2 amide bonds. The van der Waals surface area contributed by atoms with E-state index in [9.17, 15) is 24.2 Å². The van der Waals surface area contributed by atoms with Gasteiger partial charge in [0.15, 0.2) is 0 Å². The predicted octanol–water partition coefficient (Wildman–Crippen LogP) is -0.448. The summed E-state index contributed by atoms with van der Waals surface area (Å²) in [6.45, 7) is 2.64. The SMILES string of the molecule is C#CCOCCC(=O)NCCC(=O)NC(CO)COP(=O)(O)OC(C)C. The number of aliphatic hydroxyl groups excluding tert-OH is 1. The standard InChI is InChI=1S/C15H27N2O8P/c1-4-8-23-9-6-14(19)16-7-5-15(20)17-13(10-18)11-24-26(21,22)25-12(2)3/h1,12-13,18H,5-11H2,2-3H3,(H,16,19)(H,17,20)(H,21,22). The summed E-state index contributed by atoms with van der Waals surface area (Å²) in [6.07, 6.45) is 4.56. The number of rotatable bonds is 14. The normalized spacial score (nSPS) is 14.3. The lowest BCUT2D eigenvalue weighted by molar-refractivity contribution is -0.123. The number of phosphoric acid groups is 1. The van der Waals surface area contributed by atoms with E-state index in [1.54, 1.807) is 13.8 Å². The summed E-state index contributed by atoms with van der Waals surface area (Å²) in [5.74, 6) is 1.52. The van der Waals surface area contributed by atoms with Gasteiger partial charge in [0.2, 0.25) is 11.8 Å². The summed E-state index contributed by atoms with van der Waals surface area (Å²) in [4.78, 5) is 32.6. The van der Waals surface area contributed by atoms with E-state index in [1.807, 2.05) is 0 Å². The van der Waals surface area contributed by atoms with Gasteiger partial charge in [0.05, 0.1) is 38.4 Å². The summed E-state index contributed by atoms with van der Waals surface area (Å²) < 4.78 is 25.9. The number of carbonyl (C=O) groups is 2. The molecular weight excluding hydrogens is 367 g/mol.